The molecule has 0 radical (unpaired) electrons. The average Bonchev–Trinajstić information content (AvgIpc) is 2.87. The normalized spacial score (nSPS) is 14.9. The zero-order valence-electron chi connectivity index (χ0n) is 13.4. The first-order valence-corrected chi connectivity index (χ1v) is 8.03. The van der Waals surface area contributed by atoms with Crippen LogP contribution in [0.2, 0.25) is 0 Å². The fourth-order valence-electron chi connectivity index (χ4n) is 2.83. The summed E-state index contributed by atoms with van der Waals surface area (Å²) in [7, 11) is 0. The molecule has 0 aromatic heterocycles. The van der Waals surface area contributed by atoms with Gasteiger partial charge in [0.15, 0.2) is 0 Å². The maximum absolute atomic E-state index is 11.7. The van der Waals surface area contributed by atoms with Crippen LogP contribution in [0.3, 0.4) is 0 Å². The van der Waals surface area contributed by atoms with E-state index in [9.17, 15) is 4.79 Å². The van der Waals surface area contributed by atoms with Crippen molar-refractivity contribution in [3.63, 3.8) is 0 Å². The molecule has 1 aliphatic heterocycles. The van der Waals surface area contributed by atoms with Crippen LogP contribution in [-0.2, 0) is 11.2 Å². The molecule has 0 aliphatic carbocycles. The number of carbonyl (C=O) groups excluding carboxylic acids is 1. The quantitative estimate of drug-likeness (QED) is 0.809. The Morgan fingerprint density at radius 1 is 1.38 bits per heavy atom. The van der Waals surface area contributed by atoms with Gasteiger partial charge >= 0.3 is 0 Å². The van der Waals surface area contributed by atoms with Gasteiger partial charge in [-0.2, -0.15) is 0 Å². The van der Waals surface area contributed by atoms with Crippen LogP contribution in [-0.4, -0.2) is 32.1 Å². The molecule has 1 aromatic carbocycles. The van der Waals surface area contributed by atoms with E-state index in [1.807, 2.05) is 6.92 Å². The van der Waals surface area contributed by atoms with Crippen molar-refractivity contribution in [1.29, 1.82) is 0 Å². The first-order valence-electron chi connectivity index (χ1n) is 8.03. The van der Waals surface area contributed by atoms with E-state index < -0.39 is 0 Å². The molecule has 1 amide bonds. The molecule has 1 aromatic rings. The highest BCUT2D eigenvalue weighted by atomic mass is 16.2. The van der Waals surface area contributed by atoms with Crippen LogP contribution in [0, 0.1) is 0 Å². The lowest BCUT2D eigenvalue weighted by Gasteiger charge is -2.20. The Kier molecular flexibility index (Phi) is 5.62. The van der Waals surface area contributed by atoms with Crippen LogP contribution in [0.5, 0.6) is 0 Å². The van der Waals surface area contributed by atoms with Gasteiger partial charge in [0.1, 0.15) is 0 Å². The largest absolute Gasteiger partial charge is 0.362 e. The predicted octanol–water partition coefficient (Wildman–Crippen LogP) is 2.25. The minimum Gasteiger partial charge on any atom is -0.362 e. The van der Waals surface area contributed by atoms with Gasteiger partial charge in [0, 0.05) is 24.8 Å². The molecule has 1 heterocycles. The maximum Gasteiger partial charge on any atom is 0.239 e. The summed E-state index contributed by atoms with van der Waals surface area (Å²) < 4.78 is 0. The minimum atomic E-state index is 0.104. The predicted molar refractivity (Wildman–Crippen MR) is 87.8 cm³/mol. The summed E-state index contributed by atoms with van der Waals surface area (Å²) in [4.78, 5) is 13.9. The zero-order valence-corrected chi connectivity index (χ0v) is 13.4. The molecule has 1 aliphatic rings. The van der Waals surface area contributed by atoms with Crippen molar-refractivity contribution in [2.45, 2.75) is 39.7 Å². The number of amides is 1. The first kappa shape index (κ1) is 15.8. The Hall–Kier alpha value is -1.55. The minimum absolute atomic E-state index is 0.104. The molecule has 4 heteroatoms. The SMILES string of the molecule is CCCNC(C)c1ccc2c(c1)CCN2CC(=O)NCC. The second-order valence-electron chi connectivity index (χ2n) is 5.69. The Bertz CT molecular complexity index is 487. The standard InChI is InChI=1S/C17H27N3O/c1-4-9-19-13(3)14-6-7-16-15(11-14)8-10-20(16)12-17(21)18-5-2/h6-7,11,13,19H,4-5,8-10,12H2,1-3H3,(H,18,21). The lowest BCUT2D eigenvalue weighted by molar-refractivity contribution is -0.119. The summed E-state index contributed by atoms with van der Waals surface area (Å²) in [5.74, 6) is 0.104. The second-order valence-corrected chi connectivity index (χ2v) is 5.69. The summed E-state index contributed by atoms with van der Waals surface area (Å²) in [5, 5.41) is 6.39. The molecule has 2 rings (SSSR count). The van der Waals surface area contributed by atoms with E-state index in [1.54, 1.807) is 0 Å². The Labute approximate surface area is 127 Å². The summed E-state index contributed by atoms with van der Waals surface area (Å²) >= 11 is 0. The van der Waals surface area contributed by atoms with E-state index in [2.05, 4.69) is 47.6 Å². The number of nitrogens with one attached hydrogen (secondary N) is 2. The molecule has 0 bridgehead atoms. The van der Waals surface area contributed by atoms with Crippen LogP contribution < -0.4 is 15.5 Å². The fraction of sp³-hybridized carbons (Fsp3) is 0.588. The van der Waals surface area contributed by atoms with Crippen molar-refractivity contribution in [2.75, 3.05) is 31.1 Å². The fourth-order valence-corrected chi connectivity index (χ4v) is 2.83. The Morgan fingerprint density at radius 2 is 2.19 bits per heavy atom. The molecule has 116 valence electrons. The number of anilines is 1. The van der Waals surface area contributed by atoms with Gasteiger partial charge in [-0.3, -0.25) is 4.79 Å². The van der Waals surface area contributed by atoms with Crippen molar-refractivity contribution in [3.8, 4) is 0 Å². The average molecular weight is 289 g/mol. The van der Waals surface area contributed by atoms with Gasteiger partial charge in [-0.25, -0.2) is 0 Å². The van der Waals surface area contributed by atoms with Crippen LogP contribution in [0.15, 0.2) is 18.2 Å². The smallest absolute Gasteiger partial charge is 0.239 e. The van der Waals surface area contributed by atoms with E-state index in [0.29, 0.717) is 19.1 Å². The van der Waals surface area contributed by atoms with Crippen molar-refractivity contribution >= 4 is 11.6 Å². The topological polar surface area (TPSA) is 44.4 Å². The van der Waals surface area contributed by atoms with Gasteiger partial charge in [0.2, 0.25) is 5.91 Å². The van der Waals surface area contributed by atoms with Gasteiger partial charge in [0.05, 0.1) is 6.54 Å². The van der Waals surface area contributed by atoms with E-state index in [1.165, 1.54) is 16.8 Å². The van der Waals surface area contributed by atoms with Gasteiger partial charge in [-0.1, -0.05) is 19.1 Å². The third-order valence-corrected chi connectivity index (χ3v) is 4.00. The van der Waals surface area contributed by atoms with Crippen LogP contribution in [0.4, 0.5) is 5.69 Å². The number of likely N-dealkylation sites (N-methyl/N-ethyl adjacent to an activating group) is 1. The zero-order chi connectivity index (χ0) is 15.2. The number of rotatable bonds is 7. The highest BCUT2D eigenvalue weighted by molar-refractivity contribution is 5.82. The summed E-state index contributed by atoms with van der Waals surface area (Å²) in [6, 6.07) is 7.02. The lowest BCUT2D eigenvalue weighted by atomic mass is 10.0. The molecule has 21 heavy (non-hydrogen) atoms. The number of nitrogens with zero attached hydrogens (tertiary/aromatic N) is 1. The molecule has 0 fully saturated rings. The Balaban J connectivity index is 2.04. The van der Waals surface area contributed by atoms with Crippen LogP contribution >= 0.6 is 0 Å². The van der Waals surface area contributed by atoms with E-state index >= 15 is 0 Å². The second kappa shape index (κ2) is 7.46. The van der Waals surface area contributed by atoms with Crippen molar-refractivity contribution in [3.05, 3.63) is 29.3 Å². The summed E-state index contributed by atoms with van der Waals surface area (Å²) in [6.45, 7) is 9.48. The van der Waals surface area contributed by atoms with Crippen molar-refractivity contribution < 1.29 is 4.79 Å². The Morgan fingerprint density at radius 3 is 2.90 bits per heavy atom. The monoisotopic (exact) mass is 289 g/mol. The van der Waals surface area contributed by atoms with Crippen molar-refractivity contribution in [2.24, 2.45) is 0 Å². The highest BCUT2D eigenvalue weighted by Gasteiger charge is 2.21. The summed E-state index contributed by atoms with van der Waals surface area (Å²) in [5.41, 5.74) is 3.91. The third kappa shape index (κ3) is 3.97. The number of hydrogen-bond acceptors (Lipinski definition) is 3. The van der Waals surface area contributed by atoms with Gasteiger partial charge < -0.3 is 15.5 Å². The number of fused-ring (bicyclic) bond motifs is 1. The lowest BCUT2D eigenvalue weighted by Crippen LogP contribution is -2.36. The van der Waals surface area contributed by atoms with Gasteiger partial charge in [-0.15, -0.1) is 0 Å². The van der Waals surface area contributed by atoms with E-state index in [-0.39, 0.29) is 5.91 Å². The van der Waals surface area contributed by atoms with E-state index in [0.717, 1.165) is 25.9 Å². The summed E-state index contributed by atoms with van der Waals surface area (Å²) in [6.07, 6.45) is 2.18. The number of carbonyl (C=O) groups is 1. The molecular weight excluding hydrogens is 262 g/mol. The van der Waals surface area contributed by atoms with Crippen molar-refractivity contribution in [1.82, 2.24) is 10.6 Å². The molecule has 0 saturated heterocycles. The molecule has 1 atom stereocenters. The van der Waals surface area contributed by atoms with Crippen LogP contribution in [0.1, 0.15) is 44.4 Å². The molecular formula is C17H27N3O. The molecule has 0 saturated carbocycles. The molecule has 1 unspecified atom stereocenters. The third-order valence-electron chi connectivity index (χ3n) is 4.00. The highest BCUT2D eigenvalue weighted by Crippen LogP contribution is 2.30. The number of hydrogen-bond donors (Lipinski definition) is 2. The molecule has 0 spiro atoms. The maximum atomic E-state index is 11.7. The molecule has 4 nitrogen and oxygen atoms in total. The van der Waals surface area contributed by atoms with Gasteiger partial charge in [0.25, 0.3) is 0 Å². The first-order chi connectivity index (χ1) is 10.2. The number of benzene rings is 1. The van der Waals surface area contributed by atoms with Gasteiger partial charge in [-0.05, 0) is 50.4 Å². The molecule has 2 N–H and O–H groups in total. The van der Waals surface area contributed by atoms with E-state index in [4.69, 9.17) is 0 Å². The van der Waals surface area contributed by atoms with Crippen LogP contribution in [0.25, 0.3) is 0 Å².